The maximum absolute atomic E-state index is 6.11. The lowest BCUT2D eigenvalue weighted by atomic mass is 10.0. The monoisotopic (exact) mass is 298 g/mol. The number of methoxy groups -OCH3 is 1. The number of ether oxygens (including phenoxy) is 1. The number of benzene rings is 1. The number of hydrogen-bond acceptors (Lipinski definition) is 4. The third-order valence-corrected chi connectivity index (χ3v) is 4.36. The van der Waals surface area contributed by atoms with Crippen LogP contribution < -0.4 is 10.1 Å². The number of nitrogens with zero attached hydrogens (tertiary/aromatic N) is 1. The van der Waals surface area contributed by atoms with E-state index in [0.717, 1.165) is 34.3 Å². The molecular formula is C14H19ClN2OS. The molecule has 1 aromatic rings. The van der Waals surface area contributed by atoms with Crippen LogP contribution >= 0.6 is 23.4 Å². The normalized spacial score (nSPS) is 17.8. The van der Waals surface area contributed by atoms with Crippen LogP contribution in [-0.4, -0.2) is 23.6 Å². The number of rotatable bonds is 2. The molecule has 1 aliphatic heterocycles. The first-order valence-electron chi connectivity index (χ1n) is 6.25. The summed E-state index contributed by atoms with van der Waals surface area (Å²) in [5, 5.41) is 5.00. The Morgan fingerprint density at radius 2 is 2.16 bits per heavy atom. The number of nitrogens with one attached hydrogen (secondary N) is 1. The zero-order valence-corrected chi connectivity index (χ0v) is 13.3. The van der Waals surface area contributed by atoms with E-state index >= 15 is 0 Å². The van der Waals surface area contributed by atoms with Crippen LogP contribution in [0.3, 0.4) is 0 Å². The van der Waals surface area contributed by atoms with E-state index in [4.69, 9.17) is 21.3 Å². The van der Waals surface area contributed by atoms with E-state index in [1.54, 1.807) is 18.9 Å². The molecule has 0 unspecified atom stereocenters. The van der Waals surface area contributed by atoms with Gasteiger partial charge in [0.05, 0.1) is 18.3 Å². The Morgan fingerprint density at radius 3 is 2.79 bits per heavy atom. The molecule has 0 radical (unpaired) electrons. The summed E-state index contributed by atoms with van der Waals surface area (Å²) in [4.78, 5) is 4.72. The van der Waals surface area contributed by atoms with Crippen LogP contribution in [0.1, 0.15) is 25.8 Å². The number of hydrogen-bond donors (Lipinski definition) is 1. The number of amidine groups is 1. The predicted octanol–water partition coefficient (Wildman–Crippen LogP) is 4.34. The van der Waals surface area contributed by atoms with Crippen LogP contribution in [0.25, 0.3) is 0 Å². The Labute approximate surface area is 123 Å². The van der Waals surface area contributed by atoms with Crippen molar-refractivity contribution in [1.82, 2.24) is 0 Å². The first kappa shape index (κ1) is 14.5. The van der Waals surface area contributed by atoms with E-state index in [1.165, 1.54) is 0 Å². The summed E-state index contributed by atoms with van der Waals surface area (Å²) in [6.07, 6.45) is 1.10. The Kier molecular flexibility index (Phi) is 4.31. The number of halogens is 1. The SMILES string of the molecule is COc1cc(Cl)c(C)cc1NC1=NC(C)(C)CCS1. The number of thioether (sulfide) groups is 1. The van der Waals surface area contributed by atoms with Crippen molar-refractivity contribution < 1.29 is 4.74 Å². The lowest BCUT2D eigenvalue weighted by Gasteiger charge is -2.26. The van der Waals surface area contributed by atoms with Crippen molar-refractivity contribution in [3.05, 3.63) is 22.7 Å². The molecule has 0 saturated heterocycles. The van der Waals surface area contributed by atoms with Gasteiger partial charge in [-0.1, -0.05) is 23.4 Å². The van der Waals surface area contributed by atoms with Crippen molar-refractivity contribution in [3.8, 4) is 5.75 Å². The second-order valence-electron chi connectivity index (χ2n) is 5.25. The number of anilines is 1. The zero-order chi connectivity index (χ0) is 14.0. The smallest absolute Gasteiger partial charge is 0.161 e. The molecule has 0 amide bonds. The minimum absolute atomic E-state index is 0.00227. The van der Waals surface area contributed by atoms with Gasteiger partial charge in [0.25, 0.3) is 0 Å². The molecule has 1 aromatic carbocycles. The summed E-state index contributed by atoms with van der Waals surface area (Å²) in [6.45, 7) is 6.28. The average molecular weight is 299 g/mol. The molecule has 0 aliphatic carbocycles. The summed E-state index contributed by atoms with van der Waals surface area (Å²) in [6, 6.07) is 3.82. The van der Waals surface area contributed by atoms with E-state index < -0.39 is 0 Å². The largest absolute Gasteiger partial charge is 0.495 e. The van der Waals surface area contributed by atoms with E-state index in [-0.39, 0.29) is 5.54 Å². The highest BCUT2D eigenvalue weighted by Gasteiger charge is 2.23. The van der Waals surface area contributed by atoms with Crippen LogP contribution in [0.5, 0.6) is 5.75 Å². The molecule has 19 heavy (non-hydrogen) atoms. The molecule has 0 fully saturated rings. The maximum atomic E-state index is 6.11. The van der Waals surface area contributed by atoms with Gasteiger partial charge in [0.2, 0.25) is 0 Å². The minimum atomic E-state index is 0.00227. The molecule has 2 rings (SSSR count). The number of aryl methyl sites for hydroxylation is 1. The third kappa shape index (κ3) is 3.57. The topological polar surface area (TPSA) is 33.6 Å². The Morgan fingerprint density at radius 1 is 1.42 bits per heavy atom. The summed E-state index contributed by atoms with van der Waals surface area (Å²) in [7, 11) is 1.64. The van der Waals surface area contributed by atoms with Crippen molar-refractivity contribution in [2.45, 2.75) is 32.7 Å². The van der Waals surface area contributed by atoms with Crippen LogP contribution in [-0.2, 0) is 0 Å². The van der Waals surface area contributed by atoms with Gasteiger partial charge in [-0.25, -0.2) is 0 Å². The van der Waals surface area contributed by atoms with Crippen molar-refractivity contribution in [3.63, 3.8) is 0 Å². The fraction of sp³-hybridized carbons (Fsp3) is 0.500. The molecule has 0 atom stereocenters. The first-order valence-corrected chi connectivity index (χ1v) is 7.61. The van der Waals surface area contributed by atoms with Gasteiger partial charge in [-0.3, -0.25) is 4.99 Å². The van der Waals surface area contributed by atoms with Crippen molar-refractivity contribution in [2.75, 3.05) is 18.2 Å². The van der Waals surface area contributed by atoms with Crippen LogP contribution in [0.4, 0.5) is 5.69 Å². The standard InChI is InChI=1S/C14H19ClN2OS/c1-9-7-11(12(18-4)8-10(9)15)16-13-17-14(2,3)5-6-19-13/h7-8H,5-6H2,1-4H3,(H,16,17). The van der Waals surface area contributed by atoms with Gasteiger partial charge in [-0.2, -0.15) is 0 Å². The van der Waals surface area contributed by atoms with Crippen LogP contribution in [0, 0.1) is 6.92 Å². The second kappa shape index (κ2) is 5.63. The third-order valence-electron chi connectivity index (χ3n) is 3.08. The van der Waals surface area contributed by atoms with E-state index in [1.807, 2.05) is 19.1 Å². The van der Waals surface area contributed by atoms with E-state index in [0.29, 0.717) is 5.02 Å². The maximum Gasteiger partial charge on any atom is 0.161 e. The summed E-state index contributed by atoms with van der Waals surface area (Å²) in [5.74, 6) is 1.82. The molecule has 0 saturated carbocycles. The van der Waals surface area contributed by atoms with Crippen molar-refractivity contribution >= 4 is 34.2 Å². The second-order valence-corrected chi connectivity index (χ2v) is 6.75. The van der Waals surface area contributed by atoms with Gasteiger partial charge in [-0.15, -0.1) is 0 Å². The molecular weight excluding hydrogens is 280 g/mol. The zero-order valence-electron chi connectivity index (χ0n) is 11.7. The molecule has 104 valence electrons. The number of aliphatic imine (C=N–C) groups is 1. The quantitative estimate of drug-likeness (QED) is 0.882. The molecule has 1 heterocycles. The summed E-state index contributed by atoms with van der Waals surface area (Å²) in [5.41, 5.74) is 1.93. The van der Waals surface area contributed by atoms with Gasteiger partial charge in [0.1, 0.15) is 5.75 Å². The minimum Gasteiger partial charge on any atom is -0.495 e. The van der Waals surface area contributed by atoms with E-state index in [9.17, 15) is 0 Å². The van der Waals surface area contributed by atoms with Crippen molar-refractivity contribution in [2.24, 2.45) is 4.99 Å². The molecule has 1 aliphatic rings. The van der Waals surface area contributed by atoms with Crippen LogP contribution in [0.2, 0.25) is 5.02 Å². The van der Waals surface area contributed by atoms with Gasteiger partial charge in [0.15, 0.2) is 5.17 Å². The van der Waals surface area contributed by atoms with Gasteiger partial charge in [0, 0.05) is 16.8 Å². The highest BCUT2D eigenvalue weighted by molar-refractivity contribution is 8.14. The Hall–Kier alpha value is -0.870. The van der Waals surface area contributed by atoms with Gasteiger partial charge in [-0.05, 0) is 38.8 Å². The lowest BCUT2D eigenvalue weighted by molar-refractivity contribution is 0.417. The lowest BCUT2D eigenvalue weighted by Crippen LogP contribution is -2.27. The van der Waals surface area contributed by atoms with Gasteiger partial charge < -0.3 is 10.1 Å². The van der Waals surface area contributed by atoms with Crippen LogP contribution in [0.15, 0.2) is 17.1 Å². The summed E-state index contributed by atoms with van der Waals surface area (Å²) < 4.78 is 5.36. The molecule has 0 spiro atoms. The summed E-state index contributed by atoms with van der Waals surface area (Å²) >= 11 is 7.85. The fourth-order valence-corrected chi connectivity index (χ4v) is 3.31. The highest BCUT2D eigenvalue weighted by Crippen LogP contribution is 2.33. The molecule has 0 bridgehead atoms. The molecule has 0 aromatic heterocycles. The molecule has 3 nitrogen and oxygen atoms in total. The molecule has 1 N–H and O–H groups in total. The average Bonchev–Trinajstić information content (AvgIpc) is 2.32. The predicted molar refractivity (Wildman–Crippen MR) is 85.0 cm³/mol. The Balaban J connectivity index is 2.28. The van der Waals surface area contributed by atoms with E-state index in [2.05, 4.69) is 19.2 Å². The fourth-order valence-electron chi connectivity index (χ4n) is 1.87. The van der Waals surface area contributed by atoms with Crippen molar-refractivity contribution in [1.29, 1.82) is 0 Å². The Bertz CT molecular complexity index is 514. The first-order chi connectivity index (χ1) is 8.91. The van der Waals surface area contributed by atoms with Gasteiger partial charge >= 0.3 is 0 Å². The highest BCUT2D eigenvalue weighted by atomic mass is 35.5. The molecule has 5 heteroatoms.